The summed E-state index contributed by atoms with van der Waals surface area (Å²) in [7, 11) is 0. The molecule has 0 spiro atoms. The van der Waals surface area contributed by atoms with Crippen LogP contribution in [0.2, 0.25) is 0 Å². The second-order valence-electron chi connectivity index (χ2n) is 5.20. The minimum atomic E-state index is 0. The van der Waals surface area contributed by atoms with Gasteiger partial charge in [-0.25, -0.2) is 0 Å². The number of rotatable bonds is 3. The number of carbonyl (C=O) groups excluding carboxylic acids is 1. The zero-order valence-electron chi connectivity index (χ0n) is 12.3. The molecule has 0 bridgehead atoms. The molecule has 1 aromatic carbocycles. The number of piperazine rings is 1. The minimum Gasteiger partial charge on any atom is -0.483 e. The van der Waals surface area contributed by atoms with E-state index in [9.17, 15) is 4.79 Å². The van der Waals surface area contributed by atoms with Gasteiger partial charge in [0.05, 0.1) is 0 Å². The van der Waals surface area contributed by atoms with Crippen LogP contribution >= 0.6 is 12.4 Å². The second kappa shape index (κ2) is 7.50. The van der Waals surface area contributed by atoms with Crippen molar-refractivity contribution in [2.75, 3.05) is 26.2 Å². The van der Waals surface area contributed by atoms with Gasteiger partial charge in [0.25, 0.3) is 5.91 Å². The largest absolute Gasteiger partial charge is 0.483 e. The quantitative estimate of drug-likeness (QED) is 0.927. The topological polar surface area (TPSA) is 41.6 Å². The molecular formula is C15H23ClN2O2. The van der Waals surface area contributed by atoms with E-state index in [2.05, 4.69) is 12.2 Å². The van der Waals surface area contributed by atoms with Crippen LogP contribution in [0.3, 0.4) is 0 Å². The van der Waals surface area contributed by atoms with E-state index >= 15 is 0 Å². The van der Waals surface area contributed by atoms with Crippen LogP contribution in [0.1, 0.15) is 18.1 Å². The van der Waals surface area contributed by atoms with Gasteiger partial charge in [0, 0.05) is 25.7 Å². The van der Waals surface area contributed by atoms with Crippen LogP contribution in [-0.4, -0.2) is 43.1 Å². The van der Waals surface area contributed by atoms with Crippen molar-refractivity contribution in [3.63, 3.8) is 0 Å². The van der Waals surface area contributed by atoms with Gasteiger partial charge >= 0.3 is 0 Å². The van der Waals surface area contributed by atoms with E-state index in [4.69, 9.17) is 4.74 Å². The van der Waals surface area contributed by atoms with Crippen molar-refractivity contribution in [1.29, 1.82) is 0 Å². The molecule has 5 heteroatoms. The Labute approximate surface area is 126 Å². The number of nitrogens with zero attached hydrogens (tertiary/aromatic N) is 1. The average Bonchev–Trinajstić information content (AvgIpc) is 2.38. The summed E-state index contributed by atoms with van der Waals surface area (Å²) in [4.78, 5) is 14.0. The molecular weight excluding hydrogens is 276 g/mol. The molecule has 0 radical (unpaired) electrons. The van der Waals surface area contributed by atoms with Crippen LogP contribution in [0.25, 0.3) is 0 Å². The summed E-state index contributed by atoms with van der Waals surface area (Å²) in [5.41, 5.74) is 2.14. The minimum absolute atomic E-state index is 0. The molecule has 1 N–H and O–H groups in total. The molecule has 1 heterocycles. The fourth-order valence-electron chi connectivity index (χ4n) is 2.41. The number of carbonyl (C=O) groups is 1. The van der Waals surface area contributed by atoms with E-state index in [1.807, 2.05) is 36.9 Å². The Morgan fingerprint density at radius 2 is 2.05 bits per heavy atom. The van der Waals surface area contributed by atoms with Gasteiger partial charge in [-0.2, -0.15) is 0 Å². The lowest BCUT2D eigenvalue weighted by atomic mass is 10.1. The molecule has 112 valence electrons. The number of hydrogen-bond donors (Lipinski definition) is 1. The van der Waals surface area contributed by atoms with Crippen LogP contribution < -0.4 is 10.1 Å². The number of nitrogens with one attached hydrogen (secondary N) is 1. The molecule has 1 amide bonds. The van der Waals surface area contributed by atoms with Crippen molar-refractivity contribution in [2.24, 2.45) is 0 Å². The van der Waals surface area contributed by atoms with Gasteiger partial charge in [0.15, 0.2) is 6.61 Å². The van der Waals surface area contributed by atoms with Crippen molar-refractivity contribution < 1.29 is 9.53 Å². The Bertz CT molecular complexity index is 445. The molecule has 4 nitrogen and oxygen atoms in total. The number of hydrogen-bond acceptors (Lipinski definition) is 3. The summed E-state index contributed by atoms with van der Waals surface area (Å²) in [6.07, 6.45) is 0. The normalized spacial score (nSPS) is 18.4. The first-order valence-corrected chi connectivity index (χ1v) is 6.78. The molecule has 1 saturated heterocycles. The number of ether oxygens (including phenoxy) is 1. The maximum absolute atomic E-state index is 12.1. The molecule has 1 aliphatic rings. The fourth-order valence-corrected chi connectivity index (χ4v) is 2.41. The van der Waals surface area contributed by atoms with Crippen molar-refractivity contribution in [3.05, 3.63) is 29.3 Å². The second-order valence-corrected chi connectivity index (χ2v) is 5.20. The van der Waals surface area contributed by atoms with Gasteiger partial charge in [-0.1, -0.05) is 18.2 Å². The van der Waals surface area contributed by atoms with E-state index in [-0.39, 0.29) is 24.9 Å². The van der Waals surface area contributed by atoms with Gasteiger partial charge in [0.1, 0.15) is 5.75 Å². The third-order valence-corrected chi connectivity index (χ3v) is 3.47. The summed E-state index contributed by atoms with van der Waals surface area (Å²) < 4.78 is 5.71. The molecule has 0 aromatic heterocycles. The fraction of sp³-hybridized carbons (Fsp3) is 0.533. The predicted molar refractivity (Wildman–Crippen MR) is 82.7 cm³/mol. The van der Waals surface area contributed by atoms with Crippen molar-refractivity contribution in [3.8, 4) is 5.75 Å². The smallest absolute Gasteiger partial charge is 0.260 e. The number of para-hydroxylation sites is 1. The zero-order valence-corrected chi connectivity index (χ0v) is 13.1. The van der Waals surface area contributed by atoms with Crippen LogP contribution in [0.5, 0.6) is 5.75 Å². The van der Waals surface area contributed by atoms with Crippen LogP contribution in [0, 0.1) is 13.8 Å². The number of halogens is 1. The maximum atomic E-state index is 12.1. The Morgan fingerprint density at radius 1 is 1.40 bits per heavy atom. The predicted octanol–water partition coefficient (Wildman–Crippen LogP) is 1.92. The van der Waals surface area contributed by atoms with E-state index in [0.29, 0.717) is 6.04 Å². The molecule has 2 rings (SSSR count). The highest BCUT2D eigenvalue weighted by molar-refractivity contribution is 5.85. The molecule has 0 saturated carbocycles. The first-order chi connectivity index (χ1) is 9.08. The van der Waals surface area contributed by atoms with Crippen LogP contribution in [0.15, 0.2) is 18.2 Å². The highest BCUT2D eigenvalue weighted by atomic mass is 35.5. The van der Waals surface area contributed by atoms with Crippen LogP contribution in [0.4, 0.5) is 0 Å². The summed E-state index contributed by atoms with van der Waals surface area (Å²) in [5.74, 6) is 0.898. The number of aryl methyl sites for hydroxylation is 2. The molecule has 1 aromatic rings. The Hall–Kier alpha value is -1.26. The average molecular weight is 299 g/mol. The van der Waals surface area contributed by atoms with Gasteiger partial charge in [-0.05, 0) is 31.9 Å². The Morgan fingerprint density at radius 3 is 2.65 bits per heavy atom. The first kappa shape index (κ1) is 16.8. The molecule has 1 fully saturated rings. The third kappa shape index (κ3) is 4.12. The summed E-state index contributed by atoms with van der Waals surface area (Å²) >= 11 is 0. The van der Waals surface area contributed by atoms with Gasteiger partial charge < -0.3 is 15.0 Å². The summed E-state index contributed by atoms with van der Waals surface area (Å²) in [6, 6.07) is 6.36. The molecule has 20 heavy (non-hydrogen) atoms. The van der Waals surface area contributed by atoms with E-state index in [0.717, 1.165) is 36.5 Å². The van der Waals surface area contributed by atoms with E-state index < -0.39 is 0 Å². The van der Waals surface area contributed by atoms with Gasteiger partial charge in [0.2, 0.25) is 0 Å². The highest BCUT2D eigenvalue weighted by Crippen LogP contribution is 2.22. The van der Waals surface area contributed by atoms with E-state index in [1.54, 1.807) is 0 Å². The van der Waals surface area contributed by atoms with E-state index in [1.165, 1.54) is 0 Å². The number of benzene rings is 1. The first-order valence-electron chi connectivity index (χ1n) is 6.78. The highest BCUT2D eigenvalue weighted by Gasteiger charge is 2.20. The van der Waals surface area contributed by atoms with Gasteiger partial charge in [-0.15, -0.1) is 12.4 Å². The Kier molecular flexibility index (Phi) is 6.30. The lowest BCUT2D eigenvalue weighted by Crippen LogP contribution is -2.52. The molecule has 1 aliphatic heterocycles. The zero-order chi connectivity index (χ0) is 13.8. The summed E-state index contributed by atoms with van der Waals surface area (Å²) in [5, 5.41) is 3.32. The SMILES string of the molecule is Cc1cccc(C)c1OCC(=O)N1CCNC(C)C1.Cl. The van der Waals surface area contributed by atoms with Crippen molar-refractivity contribution >= 4 is 18.3 Å². The van der Waals surface area contributed by atoms with Crippen molar-refractivity contribution in [2.45, 2.75) is 26.8 Å². The summed E-state index contributed by atoms with van der Waals surface area (Å²) in [6.45, 7) is 8.59. The third-order valence-electron chi connectivity index (χ3n) is 3.47. The Balaban J connectivity index is 0.00000200. The number of amides is 1. The monoisotopic (exact) mass is 298 g/mol. The molecule has 1 unspecified atom stereocenters. The standard InChI is InChI=1S/C15H22N2O2.ClH/c1-11-5-4-6-12(2)15(11)19-10-14(18)17-8-7-16-13(3)9-17;/h4-6,13,16H,7-10H2,1-3H3;1H. The lowest BCUT2D eigenvalue weighted by molar-refractivity contribution is -0.134. The van der Waals surface area contributed by atoms with Crippen molar-refractivity contribution in [1.82, 2.24) is 10.2 Å². The maximum Gasteiger partial charge on any atom is 0.260 e. The molecule has 1 atom stereocenters. The molecule has 0 aliphatic carbocycles. The lowest BCUT2D eigenvalue weighted by Gasteiger charge is -2.31. The van der Waals surface area contributed by atoms with Gasteiger partial charge in [-0.3, -0.25) is 4.79 Å². The van der Waals surface area contributed by atoms with Crippen LogP contribution in [-0.2, 0) is 4.79 Å².